The van der Waals surface area contributed by atoms with Crippen molar-refractivity contribution in [3.63, 3.8) is 0 Å². The van der Waals surface area contributed by atoms with Crippen LogP contribution in [0.25, 0.3) is 0 Å². The Bertz CT molecular complexity index is 1670. The summed E-state index contributed by atoms with van der Waals surface area (Å²) in [5.74, 6) is -1.98. The molecule has 22 heteroatoms. The topological polar surface area (TPSA) is 308 Å². The third kappa shape index (κ3) is 16.1. The van der Waals surface area contributed by atoms with E-state index in [9.17, 15) is 44.4 Å². The third-order valence-electron chi connectivity index (χ3n) is 10.0. The normalized spacial score (nSPS) is 30.6. The maximum absolute atomic E-state index is 13.7. The number of nitrogens with one attached hydrogen (secondary N) is 4. The minimum Gasteiger partial charge on any atom is -0.491 e. The first-order valence-corrected chi connectivity index (χ1v) is 21.4. The van der Waals surface area contributed by atoms with Crippen LogP contribution in [-0.4, -0.2) is 171 Å². The molecule has 1 unspecified atom stereocenters. The highest BCUT2D eigenvalue weighted by atomic mass is 16.7. The van der Waals surface area contributed by atoms with Gasteiger partial charge in [-0.3, -0.25) is 4.79 Å². The van der Waals surface area contributed by atoms with Gasteiger partial charge in [0.1, 0.15) is 58.2 Å². The molecule has 3 aliphatic rings. The third-order valence-corrected chi connectivity index (χ3v) is 10.0. The zero-order valence-electron chi connectivity index (χ0n) is 39.7. The Labute approximate surface area is 375 Å². The molecule has 0 bridgehead atoms. The van der Waals surface area contributed by atoms with Crippen LogP contribution in [0, 0.1) is 5.92 Å². The average Bonchev–Trinajstić information content (AvgIpc) is 3.10. The number of nitrogens with two attached hydrogens (primary N) is 1. The molecule has 368 valence electrons. The lowest BCUT2D eigenvalue weighted by Gasteiger charge is -2.52. The van der Waals surface area contributed by atoms with Crippen molar-refractivity contribution in [2.45, 2.75) is 192 Å². The first-order valence-electron chi connectivity index (χ1n) is 21.4. The van der Waals surface area contributed by atoms with Gasteiger partial charge in [-0.2, -0.15) is 0 Å². The smallest absolute Gasteiger partial charge is 0.410 e. The molecule has 2 aliphatic heterocycles. The van der Waals surface area contributed by atoms with Gasteiger partial charge in [-0.1, -0.05) is 0 Å². The summed E-state index contributed by atoms with van der Waals surface area (Å²) in [6, 6.07) is -4.81. The van der Waals surface area contributed by atoms with Crippen LogP contribution in [0.3, 0.4) is 0 Å². The SMILES string of the molecule is CN(C(=O)OC(C)(C)C)[C@@H]1[C@@H](O)[C@@H](O[C@H]2[C@H](NC(=O)[C@@H](O)CNC(=O)OC(C)(C)C)C[C@H](NC(=O)OC(C)(C)C)C([C@H]3OC(CN)=CC[C@H]3NC(=O)OC(C)(C)C)[C@@H]2O)OC[C@]1(C)O. The first-order chi connectivity index (χ1) is 29.1. The molecule has 3 rings (SSSR count). The van der Waals surface area contributed by atoms with E-state index in [4.69, 9.17) is 38.9 Å². The molecule has 1 aliphatic carbocycles. The number of hydrogen-bond donors (Lipinski definition) is 9. The summed E-state index contributed by atoms with van der Waals surface area (Å²) >= 11 is 0. The summed E-state index contributed by atoms with van der Waals surface area (Å²) in [6.07, 6.45) is -11.9. The van der Waals surface area contributed by atoms with Gasteiger partial charge in [0.15, 0.2) is 6.29 Å². The van der Waals surface area contributed by atoms with Crippen molar-refractivity contribution >= 4 is 30.3 Å². The number of carbonyl (C=O) groups is 5. The lowest BCUT2D eigenvalue weighted by atomic mass is 9.72. The molecule has 64 heavy (non-hydrogen) atoms. The van der Waals surface area contributed by atoms with E-state index in [1.54, 1.807) is 89.2 Å². The van der Waals surface area contributed by atoms with Crippen LogP contribution in [0.15, 0.2) is 11.8 Å². The number of aliphatic hydroxyl groups excluding tert-OH is 3. The zero-order chi connectivity index (χ0) is 48.9. The molecule has 10 N–H and O–H groups in total. The van der Waals surface area contributed by atoms with Gasteiger partial charge in [0.2, 0.25) is 0 Å². The van der Waals surface area contributed by atoms with Crippen molar-refractivity contribution in [2.24, 2.45) is 11.7 Å². The van der Waals surface area contributed by atoms with Crippen molar-refractivity contribution in [1.82, 2.24) is 26.2 Å². The lowest BCUT2D eigenvalue weighted by Crippen LogP contribution is -2.71. The number of nitrogens with zero attached hydrogens (tertiary/aromatic N) is 1. The van der Waals surface area contributed by atoms with Gasteiger partial charge in [-0.05, 0) is 109 Å². The molecule has 12 atom stereocenters. The Morgan fingerprint density at radius 1 is 0.812 bits per heavy atom. The number of likely N-dealkylation sites (N-methyl/N-ethyl adjacent to an activating group) is 1. The number of aliphatic hydroxyl groups is 4. The van der Waals surface area contributed by atoms with Crippen molar-refractivity contribution in [3.05, 3.63) is 11.8 Å². The van der Waals surface area contributed by atoms with E-state index in [1.165, 1.54) is 14.0 Å². The predicted molar refractivity (Wildman–Crippen MR) is 228 cm³/mol. The molecule has 1 saturated heterocycles. The van der Waals surface area contributed by atoms with Crippen LogP contribution < -0.4 is 27.0 Å². The molecule has 2 heterocycles. The molecule has 0 spiro atoms. The van der Waals surface area contributed by atoms with E-state index in [0.29, 0.717) is 5.76 Å². The van der Waals surface area contributed by atoms with Gasteiger partial charge in [-0.15, -0.1) is 0 Å². The number of carbonyl (C=O) groups excluding carboxylic acids is 5. The number of ether oxygens (including phenoxy) is 7. The number of rotatable bonds is 11. The number of alkyl carbamates (subject to hydrolysis) is 3. The van der Waals surface area contributed by atoms with Crippen LogP contribution in [-0.2, 0) is 38.0 Å². The molecular formula is C42H74N6O16. The molecule has 5 amide bonds. The predicted octanol–water partition coefficient (Wildman–Crippen LogP) is 1.24. The van der Waals surface area contributed by atoms with Gasteiger partial charge in [-0.25, -0.2) is 19.2 Å². The van der Waals surface area contributed by atoms with E-state index in [-0.39, 0.29) is 19.4 Å². The molecule has 0 aromatic carbocycles. The van der Waals surface area contributed by atoms with Crippen LogP contribution in [0.4, 0.5) is 19.2 Å². The highest BCUT2D eigenvalue weighted by Crippen LogP contribution is 2.39. The van der Waals surface area contributed by atoms with E-state index < -0.39 is 138 Å². The Morgan fingerprint density at radius 3 is 1.84 bits per heavy atom. The highest BCUT2D eigenvalue weighted by molar-refractivity contribution is 5.82. The summed E-state index contributed by atoms with van der Waals surface area (Å²) in [5, 5.41) is 57.4. The molecule has 0 aromatic heterocycles. The van der Waals surface area contributed by atoms with Crippen molar-refractivity contribution < 1.29 is 77.6 Å². The fraction of sp³-hybridized carbons (Fsp3) is 0.833. The van der Waals surface area contributed by atoms with Gasteiger partial charge in [0.05, 0.1) is 43.9 Å². The van der Waals surface area contributed by atoms with E-state index >= 15 is 0 Å². The maximum Gasteiger partial charge on any atom is 0.410 e. The fourth-order valence-electron chi connectivity index (χ4n) is 7.58. The largest absolute Gasteiger partial charge is 0.491 e. The molecule has 0 radical (unpaired) electrons. The summed E-state index contributed by atoms with van der Waals surface area (Å²) < 4.78 is 40.4. The van der Waals surface area contributed by atoms with E-state index in [0.717, 1.165) is 4.90 Å². The van der Waals surface area contributed by atoms with Gasteiger partial charge < -0.3 is 85.5 Å². The minimum atomic E-state index is -1.87. The van der Waals surface area contributed by atoms with Crippen LogP contribution in [0.2, 0.25) is 0 Å². The van der Waals surface area contributed by atoms with Gasteiger partial charge in [0.25, 0.3) is 5.91 Å². The zero-order valence-corrected chi connectivity index (χ0v) is 39.7. The Balaban J connectivity index is 2.14. The second kappa shape index (κ2) is 21.0. The van der Waals surface area contributed by atoms with Crippen LogP contribution in [0.5, 0.6) is 0 Å². The summed E-state index contributed by atoms with van der Waals surface area (Å²) in [7, 11) is 1.31. The quantitative estimate of drug-likeness (QED) is 0.132. The average molecular weight is 919 g/mol. The maximum atomic E-state index is 13.7. The van der Waals surface area contributed by atoms with E-state index in [2.05, 4.69) is 21.3 Å². The van der Waals surface area contributed by atoms with Crippen LogP contribution >= 0.6 is 0 Å². The summed E-state index contributed by atoms with van der Waals surface area (Å²) in [6.45, 7) is 20.0. The van der Waals surface area contributed by atoms with Crippen molar-refractivity contribution in [3.8, 4) is 0 Å². The molecule has 2 fully saturated rings. The van der Waals surface area contributed by atoms with Gasteiger partial charge in [0, 0.05) is 19.0 Å². The van der Waals surface area contributed by atoms with Crippen molar-refractivity contribution in [1.29, 1.82) is 0 Å². The number of hydrogen-bond acceptors (Lipinski definition) is 17. The van der Waals surface area contributed by atoms with Crippen molar-refractivity contribution in [2.75, 3.05) is 26.7 Å². The standard InChI is InChI=1S/C42H74N6O16/c1-38(2,3)61-34(53)44-19-25(49)32(52)45-24-17-23(47-36(55)63-40(7,8)9)26(29-22(16-15-21(18-43)59-29)46-35(54)62-39(4,5)6)27(50)30(24)60-33-28(51)31(42(13,57)20-58-33)48(14)37(56)64-41(10,11)12/h15,22-31,33,49-51,57H,16-20,43H2,1-14H3,(H,44,53)(H,45,52)(H,46,54)(H,47,55)/t22-,23+,24-,25+,26?,27+,28-,29+,30+,31-,33-,42+/m1/s1. The van der Waals surface area contributed by atoms with E-state index in [1.807, 2.05) is 0 Å². The highest BCUT2D eigenvalue weighted by Gasteiger charge is 2.56. The molecule has 0 aromatic rings. The fourth-order valence-corrected chi connectivity index (χ4v) is 7.58. The second-order valence-electron chi connectivity index (χ2n) is 20.7. The molecular weight excluding hydrogens is 844 g/mol. The molecule has 22 nitrogen and oxygen atoms in total. The monoisotopic (exact) mass is 919 g/mol. The minimum absolute atomic E-state index is 0.0783. The lowest BCUT2D eigenvalue weighted by molar-refractivity contribution is -0.305. The van der Waals surface area contributed by atoms with Gasteiger partial charge >= 0.3 is 24.4 Å². The van der Waals surface area contributed by atoms with Crippen LogP contribution in [0.1, 0.15) is 103 Å². The Hall–Kier alpha value is -4.19. The Kier molecular flexibility index (Phi) is 17.7. The summed E-state index contributed by atoms with van der Waals surface area (Å²) in [5.41, 5.74) is 0.465. The second-order valence-corrected chi connectivity index (χ2v) is 20.7. The Morgan fingerprint density at radius 2 is 1.33 bits per heavy atom. The molecule has 1 saturated carbocycles. The first kappa shape index (κ1) is 54.1. The number of amides is 5. The summed E-state index contributed by atoms with van der Waals surface area (Å²) in [4.78, 5) is 67.1.